The van der Waals surface area contributed by atoms with Gasteiger partial charge in [0.05, 0.1) is 0 Å². The number of hydrogen-bond donors (Lipinski definition) is 3. The highest BCUT2D eigenvalue weighted by molar-refractivity contribution is 7.99. The summed E-state index contributed by atoms with van der Waals surface area (Å²) in [4.78, 5) is 29.3. The van der Waals surface area contributed by atoms with Gasteiger partial charge in [0.1, 0.15) is 11.6 Å². The number of thioether (sulfide) groups is 1. The lowest BCUT2D eigenvalue weighted by Gasteiger charge is -2.02. The zero-order chi connectivity index (χ0) is 14.5. The summed E-state index contributed by atoms with van der Waals surface area (Å²) in [5.41, 5.74) is 5.14. The number of hydrogen-bond acceptors (Lipinski definition) is 7. The van der Waals surface area contributed by atoms with Gasteiger partial charge in [-0.1, -0.05) is 16.9 Å². The Hall–Kier alpha value is -2.29. The summed E-state index contributed by atoms with van der Waals surface area (Å²) in [6.45, 7) is 1.74. The quantitative estimate of drug-likeness (QED) is 0.549. The van der Waals surface area contributed by atoms with Crippen LogP contribution in [0.4, 0.5) is 11.6 Å². The third-order valence-corrected chi connectivity index (χ3v) is 3.08. The zero-order valence-electron chi connectivity index (χ0n) is 10.7. The van der Waals surface area contributed by atoms with E-state index in [1.807, 2.05) is 0 Å². The number of amides is 1. The van der Waals surface area contributed by atoms with Crippen LogP contribution in [0.15, 0.2) is 26.6 Å². The van der Waals surface area contributed by atoms with Crippen LogP contribution < -0.4 is 16.6 Å². The monoisotopic (exact) mass is 295 g/mol. The van der Waals surface area contributed by atoms with Crippen molar-refractivity contribution >= 4 is 29.3 Å². The maximum Gasteiger partial charge on any atom is 0.253 e. The predicted molar refractivity (Wildman–Crippen MR) is 74.5 cm³/mol. The van der Waals surface area contributed by atoms with Crippen molar-refractivity contribution in [2.75, 3.05) is 16.8 Å². The molecule has 0 aromatic carbocycles. The molecule has 0 radical (unpaired) electrons. The molecule has 2 heterocycles. The number of aryl methyl sites for hydroxylation is 1. The van der Waals surface area contributed by atoms with Gasteiger partial charge in [-0.2, -0.15) is 0 Å². The van der Waals surface area contributed by atoms with Gasteiger partial charge in [-0.05, 0) is 6.92 Å². The van der Waals surface area contributed by atoms with Crippen molar-refractivity contribution < 1.29 is 9.32 Å². The van der Waals surface area contributed by atoms with E-state index in [2.05, 4.69) is 20.4 Å². The van der Waals surface area contributed by atoms with Crippen molar-refractivity contribution in [2.45, 2.75) is 18.5 Å². The summed E-state index contributed by atoms with van der Waals surface area (Å²) in [7, 11) is 0. The first kappa shape index (κ1) is 14.1. The molecule has 0 saturated carbocycles. The van der Waals surface area contributed by atoms with Gasteiger partial charge in [0.2, 0.25) is 5.91 Å². The largest absolute Gasteiger partial charge is 0.383 e. The van der Waals surface area contributed by atoms with Crippen LogP contribution in [0.3, 0.4) is 0 Å². The second-order valence-electron chi connectivity index (χ2n) is 3.94. The molecule has 106 valence electrons. The molecule has 0 aliphatic rings. The fourth-order valence-electron chi connectivity index (χ4n) is 1.39. The number of rotatable bonds is 5. The number of H-pyrrole nitrogens is 1. The molecule has 4 N–H and O–H groups in total. The van der Waals surface area contributed by atoms with E-state index < -0.39 is 0 Å². The van der Waals surface area contributed by atoms with Crippen LogP contribution in [0.1, 0.15) is 12.2 Å². The van der Waals surface area contributed by atoms with Crippen molar-refractivity contribution in [3.8, 4) is 0 Å². The Morgan fingerprint density at radius 2 is 2.35 bits per heavy atom. The number of carbonyl (C=O) groups is 1. The Labute approximate surface area is 118 Å². The van der Waals surface area contributed by atoms with E-state index in [-0.39, 0.29) is 23.7 Å². The number of nitrogens with one attached hydrogen (secondary N) is 2. The van der Waals surface area contributed by atoms with Crippen LogP contribution in [0.2, 0.25) is 0 Å². The molecule has 0 aliphatic carbocycles. The second kappa shape index (κ2) is 6.24. The average molecular weight is 295 g/mol. The summed E-state index contributed by atoms with van der Waals surface area (Å²) in [6.07, 6.45) is 0.245. The molecule has 2 aromatic rings. The minimum atomic E-state index is -0.317. The third kappa shape index (κ3) is 4.12. The SMILES string of the molecule is Cc1cc(NC(=O)CCSc2nc(N)cc(=O)[nH]2)no1. The number of aromatic amines is 1. The minimum absolute atomic E-state index is 0.152. The Morgan fingerprint density at radius 3 is 3.00 bits per heavy atom. The molecule has 0 unspecified atom stereocenters. The molecule has 2 rings (SSSR count). The molecule has 2 aromatic heterocycles. The highest BCUT2D eigenvalue weighted by atomic mass is 32.2. The highest BCUT2D eigenvalue weighted by Crippen LogP contribution is 2.14. The number of aromatic nitrogens is 3. The van der Waals surface area contributed by atoms with Gasteiger partial charge in [-0.3, -0.25) is 9.59 Å². The topological polar surface area (TPSA) is 127 Å². The van der Waals surface area contributed by atoms with Crippen molar-refractivity contribution in [1.82, 2.24) is 15.1 Å². The van der Waals surface area contributed by atoms with Crippen LogP contribution in [0, 0.1) is 6.92 Å². The van der Waals surface area contributed by atoms with E-state index in [0.717, 1.165) is 0 Å². The van der Waals surface area contributed by atoms with E-state index in [1.54, 1.807) is 13.0 Å². The Morgan fingerprint density at radius 1 is 1.55 bits per heavy atom. The maximum atomic E-state index is 11.6. The summed E-state index contributed by atoms with van der Waals surface area (Å²) in [5.74, 6) is 1.41. The molecule has 0 fully saturated rings. The van der Waals surface area contributed by atoms with Crippen LogP contribution in [0.25, 0.3) is 0 Å². The van der Waals surface area contributed by atoms with Crippen LogP contribution in [0.5, 0.6) is 0 Å². The van der Waals surface area contributed by atoms with Crippen LogP contribution >= 0.6 is 11.8 Å². The summed E-state index contributed by atoms with van der Waals surface area (Å²) in [6, 6.07) is 2.83. The molecular formula is C11H13N5O3S. The zero-order valence-corrected chi connectivity index (χ0v) is 11.5. The number of anilines is 2. The predicted octanol–water partition coefficient (Wildman–Crippen LogP) is 0.769. The molecule has 0 spiro atoms. The van der Waals surface area contributed by atoms with Gasteiger partial charge < -0.3 is 20.6 Å². The first-order valence-electron chi connectivity index (χ1n) is 5.76. The molecular weight excluding hydrogens is 282 g/mol. The smallest absolute Gasteiger partial charge is 0.253 e. The molecule has 20 heavy (non-hydrogen) atoms. The van der Waals surface area contributed by atoms with Gasteiger partial charge in [0, 0.05) is 24.3 Å². The molecule has 0 bridgehead atoms. The number of nitrogens with two attached hydrogens (primary N) is 1. The standard InChI is InChI=1S/C11H13N5O3S/c1-6-4-8(16-19-6)14-9(17)2-3-20-11-13-7(12)5-10(18)15-11/h4-5H,2-3H2,1H3,(H,14,16,17)(H3,12,13,15,18). The Kier molecular flexibility index (Phi) is 4.41. The Balaban J connectivity index is 1.80. The fraction of sp³-hybridized carbons (Fsp3) is 0.273. The molecule has 9 heteroatoms. The average Bonchev–Trinajstić information content (AvgIpc) is 2.73. The van der Waals surface area contributed by atoms with E-state index in [1.165, 1.54) is 17.8 Å². The molecule has 0 saturated heterocycles. The molecule has 8 nitrogen and oxygen atoms in total. The number of nitrogens with zero attached hydrogens (tertiary/aromatic N) is 2. The first-order valence-corrected chi connectivity index (χ1v) is 6.74. The lowest BCUT2D eigenvalue weighted by Crippen LogP contribution is -2.13. The normalized spacial score (nSPS) is 10.4. The van der Waals surface area contributed by atoms with E-state index >= 15 is 0 Å². The highest BCUT2D eigenvalue weighted by Gasteiger charge is 2.07. The number of nitrogen functional groups attached to an aromatic ring is 1. The third-order valence-electron chi connectivity index (χ3n) is 2.20. The fourth-order valence-corrected chi connectivity index (χ4v) is 2.22. The van der Waals surface area contributed by atoms with Crippen molar-refractivity contribution in [3.05, 3.63) is 28.2 Å². The number of carbonyl (C=O) groups excluding carboxylic acids is 1. The van der Waals surface area contributed by atoms with Gasteiger partial charge >= 0.3 is 0 Å². The van der Waals surface area contributed by atoms with Gasteiger partial charge in [-0.25, -0.2) is 4.98 Å². The molecule has 0 atom stereocenters. The van der Waals surface area contributed by atoms with Gasteiger partial charge in [0.15, 0.2) is 11.0 Å². The summed E-state index contributed by atoms with van der Waals surface area (Å²) in [5, 5.41) is 6.64. The first-order chi connectivity index (χ1) is 9.52. The lowest BCUT2D eigenvalue weighted by atomic mass is 10.4. The Bertz CT molecular complexity index is 666. The maximum absolute atomic E-state index is 11.6. The summed E-state index contributed by atoms with van der Waals surface area (Å²) >= 11 is 1.24. The van der Waals surface area contributed by atoms with Crippen molar-refractivity contribution in [1.29, 1.82) is 0 Å². The van der Waals surface area contributed by atoms with E-state index in [9.17, 15) is 9.59 Å². The van der Waals surface area contributed by atoms with E-state index in [0.29, 0.717) is 22.5 Å². The van der Waals surface area contributed by atoms with Crippen LogP contribution in [-0.4, -0.2) is 26.8 Å². The lowest BCUT2D eigenvalue weighted by molar-refractivity contribution is -0.115. The molecule has 0 aliphatic heterocycles. The molecule has 1 amide bonds. The van der Waals surface area contributed by atoms with E-state index in [4.69, 9.17) is 10.3 Å². The van der Waals surface area contributed by atoms with Gasteiger partial charge in [0.25, 0.3) is 5.56 Å². The van der Waals surface area contributed by atoms with Crippen molar-refractivity contribution in [3.63, 3.8) is 0 Å². The second-order valence-corrected chi connectivity index (χ2v) is 5.03. The van der Waals surface area contributed by atoms with Gasteiger partial charge in [-0.15, -0.1) is 0 Å². The van der Waals surface area contributed by atoms with Crippen LogP contribution in [-0.2, 0) is 4.79 Å². The van der Waals surface area contributed by atoms with Crippen molar-refractivity contribution in [2.24, 2.45) is 0 Å². The summed E-state index contributed by atoms with van der Waals surface area (Å²) < 4.78 is 4.83. The minimum Gasteiger partial charge on any atom is -0.383 e.